The highest BCUT2D eigenvalue weighted by molar-refractivity contribution is 7.99. The Hall–Kier alpha value is -2.85. The quantitative estimate of drug-likeness (QED) is 0.162. The van der Waals surface area contributed by atoms with Gasteiger partial charge in [0.25, 0.3) is 0 Å². The van der Waals surface area contributed by atoms with Crippen LogP contribution in [0.2, 0.25) is 0 Å². The second-order valence-electron chi connectivity index (χ2n) is 11.1. The number of methoxy groups -OCH3 is 1. The fourth-order valence-electron chi connectivity index (χ4n) is 5.85. The van der Waals surface area contributed by atoms with Crippen molar-refractivity contribution in [1.82, 2.24) is 9.78 Å². The molecule has 3 aromatic rings. The molecule has 1 unspecified atom stereocenters. The highest BCUT2D eigenvalue weighted by atomic mass is 32.2. The standard InChI is InChI=1S/C33H42N2O6S/c1-38-28-11-7-10-27(20-28)31-32(26-8-3-2-4-9-26)34-35(33(31)42-19-18-41-30-12-5-6-17-40-30)21-24-13-15-25(16-14-24)22-39-23-29(36)37/h2-4,7-11,20,24-25,30H,5-6,12-19,21-23H2,1H3,(H,36,37)/t24-,25-,30?. The molecule has 0 bridgehead atoms. The van der Waals surface area contributed by atoms with Crippen molar-refractivity contribution in [2.75, 3.05) is 39.3 Å². The van der Waals surface area contributed by atoms with Crippen molar-refractivity contribution >= 4 is 17.7 Å². The van der Waals surface area contributed by atoms with Gasteiger partial charge in [-0.2, -0.15) is 5.10 Å². The molecule has 42 heavy (non-hydrogen) atoms. The van der Waals surface area contributed by atoms with Crippen LogP contribution < -0.4 is 4.74 Å². The first-order valence-electron chi connectivity index (χ1n) is 15.1. The number of carboxylic acids is 1. The number of hydrogen-bond donors (Lipinski definition) is 1. The summed E-state index contributed by atoms with van der Waals surface area (Å²) in [6.45, 7) is 2.52. The van der Waals surface area contributed by atoms with E-state index in [9.17, 15) is 4.79 Å². The Kier molecular flexibility index (Phi) is 11.3. The minimum atomic E-state index is -0.912. The molecule has 1 aliphatic carbocycles. The molecule has 1 saturated carbocycles. The summed E-state index contributed by atoms with van der Waals surface area (Å²) in [4.78, 5) is 10.8. The Morgan fingerprint density at radius 1 is 1.02 bits per heavy atom. The number of benzene rings is 2. The molecule has 2 aromatic carbocycles. The monoisotopic (exact) mass is 594 g/mol. The molecule has 2 fully saturated rings. The summed E-state index contributed by atoms with van der Waals surface area (Å²) in [5.41, 5.74) is 4.26. The maximum absolute atomic E-state index is 10.8. The Morgan fingerprint density at radius 3 is 2.55 bits per heavy atom. The van der Waals surface area contributed by atoms with E-state index in [1.807, 2.05) is 18.2 Å². The highest BCUT2D eigenvalue weighted by Gasteiger charge is 2.27. The number of nitrogens with zero attached hydrogens (tertiary/aromatic N) is 2. The maximum atomic E-state index is 10.8. The number of rotatable bonds is 14. The molecule has 1 aliphatic heterocycles. The van der Waals surface area contributed by atoms with E-state index in [2.05, 4.69) is 41.1 Å². The van der Waals surface area contributed by atoms with Crippen molar-refractivity contribution in [1.29, 1.82) is 0 Å². The van der Waals surface area contributed by atoms with E-state index in [-0.39, 0.29) is 12.9 Å². The molecule has 1 N–H and O–H groups in total. The zero-order valence-electron chi connectivity index (χ0n) is 24.4. The molecule has 2 heterocycles. The summed E-state index contributed by atoms with van der Waals surface area (Å²) in [5.74, 6) is 1.61. The van der Waals surface area contributed by atoms with Gasteiger partial charge in [0.2, 0.25) is 0 Å². The van der Waals surface area contributed by atoms with Gasteiger partial charge in [0.1, 0.15) is 23.1 Å². The molecule has 8 nitrogen and oxygen atoms in total. The van der Waals surface area contributed by atoms with Gasteiger partial charge in [0.05, 0.1) is 20.3 Å². The molecule has 1 aromatic heterocycles. The lowest BCUT2D eigenvalue weighted by molar-refractivity contribution is -0.158. The molecule has 226 valence electrons. The van der Waals surface area contributed by atoms with E-state index in [0.717, 1.165) is 97.0 Å². The van der Waals surface area contributed by atoms with Crippen LogP contribution in [0.5, 0.6) is 5.75 Å². The van der Waals surface area contributed by atoms with Crippen LogP contribution in [0.15, 0.2) is 59.6 Å². The van der Waals surface area contributed by atoms with E-state index in [4.69, 9.17) is 29.2 Å². The number of carboxylic acid groups (broad SMARTS) is 1. The summed E-state index contributed by atoms with van der Waals surface area (Å²) in [5, 5.41) is 15.3. The normalized spacial score (nSPS) is 20.8. The maximum Gasteiger partial charge on any atom is 0.329 e. The van der Waals surface area contributed by atoms with E-state index >= 15 is 0 Å². The van der Waals surface area contributed by atoms with Crippen LogP contribution in [-0.4, -0.2) is 66.4 Å². The summed E-state index contributed by atoms with van der Waals surface area (Å²) >= 11 is 1.79. The first-order chi connectivity index (χ1) is 20.6. The number of thioether (sulfide) groups is 1. The molecule has 0 amide bonds. The van der Waals surface area contributed by atoms with Gasteiger partial charge in [-0.25, -0.2) is 4.79 Å². The SMILES string of the molecule is COc1cccc(-c2c(-c3ccccc3)nn(C[C@H]3CC[C@H](COCC(=O)O)CC3)c2SCCOC2CCCCO2)c1. The zero-order valence-corrected chi connectivity index (χ0v) is 25.2. The van der Waals surface area contributed by atoms with Gasteiger partial charge in [-0.05, 0) is 74.5 Å². The van der Waals surface area contributed by atoms with E-state index in [0.29, 0.717) is 25.0 Å². The summed E-state index contributed by atoms with van der Waals surface area (Å²) in [7, 11) is 1.70. The molecule has 1 saturated heterocycles. The molecular formula is C33H42N2O6S. The van der Waals surface area contributed by atoms with Crippen LogP contribution in [0.25, 0.3) is 22.4 Å². The van der Waals surface area contributed by atoms with Gasteiger partial charge in [-0.1, -0.05) is 42.5 Å². The van der Waals surface area contributed by atoms with Gasteiger partial charge in [0.15, 0.2) is 6.29 Å². The van der Waals surface area contributed by atoms with E-state index < -0.39 is 5.97 Å². The summed E-state index contributed by atoms with van der Waals surface area (Å²) in [6.07, 6.45) is 7.34. The van der Waals surface area contributed by atoms with E-state index in [1.54, 1.807) is 18.9 Å². The molecule has 2 aliphatic rings. The van der Waals surface area contributed by atoms with Crippen molar-refractivity contribution in [3.05, 3.63) is 54.6 Å². The molecule has 0 spiro atoms. The molecule has 9 heteroatoms. The van der Waals surface area contributed by atoms with Gasteiger partial charge in [-0.3, -0.25) is 4.68 Å². The molecule has 1 atom stereocenters. The van der Waals surface area contributed by atoms with Crippen molar-refractivity contribution in [2.24, 2.45) is 11.8 Å². The highest BCUT2D eigenvalue weighted by Crippen LogP contribution is 2.42. The lowest BCUT2D eigenvalue weighted by Gasteiger charge is -2.28. The lowest BCUT2D eigenvalue weighted by Crippen LogP contribution is -2.24. The lowest BCUT2D eigenvalue weighted by atomic mass is 9.82. The number of ether oxygens (including phenoxy) is 4. The van der Waals surface area contributed by atoms with Crippen molar-refractivity contribution in [2.45, 2.75) is 62.8 Å². The Labute approximate surface area is 252 Å². The van der Waals surface area contributed by atoms with Crippen LogP contribution in [0.3, 0.4) is 0 Å². The average Bonchev–Trinajstić information content (AvgIpc) is 3.38. The topological polar surface area (TPSA) is 92.0 Å². The van der Waals surface area contributed by atoms with Gasteiger partial charge >= 0.3 is 5.97 Å². The largest absolute Gasteiger partial charge is 0.497 e. The van der Waals surface area contributed by atoms with Crippen LogP contribution in [0.1, 0.15) is 44.9 Å². The predicted octanol–water partition coefficient (Wildman–Crippen LogP) is 6.77. The van der Waals surface area contributed by atoms with Crippen molar-refractivity contribution < 1.29 is 28.8 Å². The smallest absolute Gasteiger partial charge is 0.329 e. The minimum absolute atomic E-state index is 0.100. The Bertz CT molecular complexity index is 1270. The van der Waals surface area contributed by atoms with E-state index in [1.165, 1.54) is 0 Å². The van der Waals surface area contributed by atoms with Gasteiger partial charge in [0, 0.05) is 30.0 Å². The third-order valence-electron chi connectivity index (χ3n) is 8.05. The summed E-state index contributed by atoms with van der Waals surface area (Å²) < 4.78 is 25.1. The summed E-state index contributed by atoms with van der Waals surface area (Å²) in [6, 6.07) is 18.6. The van der Waals surface area contributed by atoms with Crippen LogP contribution in [0.4, 0.5) is 0 Å². The minimum Gasteiger partial charge on any atom is -0.497 e. The zero-order chi connectivity index (χ0) is 29.1. The molecule has 0 radical (unpaired) electrons. The van der Waals surface area contributed by atoms with Gasteiger partial charge in [-0.15, -0.1) is 11.8 Å². The van der Waals surface area contributed by atoms with Crippen molar-refractivity contribution in [3.8, 4) is 28.1 Å². The number of aromatic nitrogens is 2. The fourth-order valence-corrected chi connectivity index (χ4v) is 6.85. The number of hydrogen-bond acceptors (Lipinski definition) is 7. The average molecular weight is 595 g/mol. The van der Waals surface area contributed by atoms with Crippen molar-refractivity contribution in [3.63, 3.8) is 0 Å². The third-order valence-corrected chi connectivity index (χ3v) is 9.11. The van der Waals surface area contributed by atoms with Crippen LogP contribution >= 0.6 is 11.8 Å². The fraction of sp³-hybridized carbons (Fsp3) is 0.515. The molecule has 5 rings (SSSR count). The number of carbonyl (C=O) groups is 1. The Morgan fingerprint density at radius 2 is 1.81 bits per heavy atom. The van der Waals surface area contributed by atoms with Gasteiger partial charge < -0.3 is 24.1 Å². The van der Waals surface area contributed by atoms with Crippen LogP contribution in [-0.2, 0) is 25.5 Å². The second-order valence-corrected chi connectivity index (χ2v) is 12.2. The third kappa shape index (κ3) is 8.37. The first kappa shape index (κ1) is 30.6. The first-order valence-corrected chi connectivity index (χ1v) is 16.1. The predicted molar refractivity (Wildman–Crippen MR) is 164 cm³/mol. The second kappa shape index (κ2) is 15.6. The van der Waals surface area contributed by atoms with Crippen LogP contribution in [0, 0.1) is 11.8 Å². The molecular weight excluding hydrogens is 552 g/mol. The number of aliphatic carboxylic acids is 1. The Balaban J connectivity index is 1.38.